The topological polar surface area (TPSA) is 23.4 Å². The smallest absolute Gasteiger partial charge is 0.123 e. The van der Waals surface area contributed by atoms with Crippen LogP contribution in [-0.4, -0.2) is 54.1 Å². The summed E-state index contributed by atoms with van der Waals surface area (Å²) < 4.78 is 15.3. The molecule has 168 valence electrons. The Labute approximate surface area is 191 Å². The zero-order valence-corrected chi connectivity index (χ0v) is 19.4. The summed E-state index contributed by atoms with van der Waals surface area (Å²) >= 11 is 0. The molecule has 2 heterocycles. The molecule has 32 heavy (non-hydrogen) atoms. The van der Waals surface area contributed by atoms with Gasteiger partial charge in [0.25, 0.3) is 0 Å². The molecule has 0 radical (unpaired) electrons. The predicted octanol–water partition coefficient (Wildman–Crippen LogP) is 4.79. The Hall–Kier alpha value is -2.81. The minimum Gasteiger partial charge on any atom is -0.374 e. The molecule has 3 aromatic rings. The molecule has 0 atom stereocenters. The third-order valence-electron chi connectivity index (χ3n) is 6.42. The maximum absolute atomic E-state index is 13.0. The number of nitrogens with one attached hydrogen (secondary N) is 1. The summed E-state index contributed by atoms with van der Waals surface area (Å²) in [4.78, 5) is 4.93. The Balaban J connectivity index is 1.43. The molecule has 1 aliphatic heterocycles. The number of hydrogen-bond acceptors (Lipinski definition) is 3. The van der Waals surface area contributed by atoms with Crippen molar-refractivity contribution in [2.75, 3.05) is 39.0 Å². The van der Waals surface area contributed by atoms with Crippen molar-refractivity contribution in [2.45, 2.75) is 38.9 Å². The Morgan fingerprint density at radius 1 is 1.06 bits per heavy atom. The van der Waals surface area contributed by atoms with Gasteiger partial charge in [-0.1, -0.05) is 12.0 Å². The van der Waals surface area contributed by atoms with Gasteiger partial charge >= 0.3 is 0 Å². The lowest BCUT2D eigenvalue weighted by Crippen LogP contribution is -2.41. The fourth-order valence-corrected chi connectivity index (χ4v) is 4.56. The lowest BCUT2D eigenvalue weighted by atomic mass is 10.0. The van der Waals surface area contributed by atoms with Crippen molar-refractivity contribution in [1.82, 2.24) is 14.4 Å². The van der Waals surface area contributed by atoms with Gasteiger partial charge in [0.15, 0.2) is 0 Å². The molecule has 4 rings (SSSR count). The Morgan fingerprint density at radius 2 is 1.81 bits per heavy atom. The van der Waals surface area contributed by atoms with Crippen molar-refractivity contribution < 1.29 is 4.39 Å². The first-order valence-corrected chi connectivity index (χ1v) is 11.5. The number of aromatic nitrogens is 1. The molecule has 0 bridgehead atoms. The van der Waals surface area contributed by atoms with Crippen LogP contribution in [0.1, 0.15) is 31.0 Å². The summed E-state index contributed by atoms with van der Waals surface area (Å²) in [6, 6.07) is 16.1. The number of piperidine rings is 1. The van der Waals surface area contributed by atoms with E-state index in [1.165, 1.54) is 41.4 Å². The van der Waals surface area contributed by atoms with Gasteiger partial charge in [0, 0.05) is 35.7 Å². The zero-order valence-electron chi connectivity index (χ0n) is 19.4. The van der Waals surface area contributed by atoms with Gasteiger partial charge in [-0.2, -0.15) is 0 Å². The fraction of sp³-hybridized carbons (Fsp3) is 0.407. The van der Waals surface area contributed by atoms with Crippen LogP contribution in [-0.2, 0) is 13.1 Å². The number of benzene rings is 2. The molecule has 0 spiro atoms. The molecule has 5 heteroatoms. The number of hydrogen-bond donors (Lipinski definition) is 1. The van der Waals surface area contributed by atoms with Crippen LogP contribution in [0.15, 0.2) is 48.5 Å². The van der Waals surface area contributed by atoms with Gasteiger partial charge in [-0.15, -0.1) is 0 Å². The number of fused-ring (bicyclic) bond motifs is 1. The van der Waals surface area contributed by atoms with Gasteiger partial charge < -0.3 is 14.8 Å². The van der Waals surface area contributed by atoms with Gasteiger partial charge in [0.2, 0.25) is 0 Å². The van der Waals surface area contributed by atoms with Crippen LogP contribution in [0.2, 0.25) is 0 Å². The van der Waals surface area contributed by atoms with E-state index in [0.29, 0.717) is 12.6 Å². The second-order valence-electron chi connectivity index (χ2n) is 8.80. The van der Waals surface area contributed by atoms with Crippen LogP contribution in [0, 0.1) is 17.7 Å². The summed E-state index contributed by atoms with van der Waals surface area (Å²) in [6.07, 6.45) is 2.49. The minimum absolute atomic E-state index is 0.230. The summed E-state index contributed by atoms with van der Waals surface area (Å²) in [6.45, 7) is 6.89. The van der Waals surface area contributed by atoms with Crippen LogP contribution < -0.4 is 5.32 Å². The predicted molar refractivity (Wildman–Crippen MR) is 131 cm³/mol. The quantitative estimate of drug-likeness (QED) is 0.567. The SMILES string of the molecule is CCn1c(C#CCNc2ccc(F)cc2)cc2cc(CN3CCC(N(C)C)CC3)ccc21. The van der Waals surface area contributed by atoms with Crippen LogP contribution >= 0.6 is 0 Å². The second kappa shape index (κ2) is 10.2. The number of anilines is 1. The average molecular weight is 433 g/mol. The summed E-state index contributed by atoms with van der Waals surface area (Å²) in [7, 11) is 4.37. The number of likely N-dealkylation sites (tertiary alicyclic amines) is 1. The van der Waals surface area contributed by atoms with Crippen molar-refractivity contribution in [1.29, 1.82) is 0 Å². The number of nitrogens with zero attached hydrogens (tertiary/aromatic N) is 3. The molecule has 4 nitrogen and oxygen atoms in total. The first-order valence-electron chi connectivity index (χ1n) is 11.5. The molecule has 1 aliphatic rings. The largest absolute Gasteiger partial charge is 0.374 e. The van der Waals surface area contributed by atoms with E-state index >= 15 is 0 Å². The number of aryl methyl sites for hydroxylation is 1. The normalized spacial score (nSPS) is 15.2. The van der Waals surface area contributed by atoms with Crippen molar-refractivity contribution in [3.63, 3.8) is 0 Å². The zero-order chi connectivity index (χ0) is 22.5. The van der Waals surface area contributed by atoms with Crippen LogP contribution in [0.3, 0.4) is 0 Å². The van der Waals surface area contributed by atoms with E-state index < -0.39 is 0 Å². The molecule has 1 aromatic heterocycles. The molecule has 2 aromatic carbocycles. The van der Waals surface area contributed by atoms with E-state index in [4.69, 9.17) is 0 Å². The molecule has 0 saturated carbocycles. The standard InChI is InChI=1S/C27H33FN4/c1-4-32-26(6-5-15-29-24-10-8-23(28)9-11-24)19-22-18-21(7-12-27(22)32)20-31-16-13-25(14-17-31)30(2)3/h7-12,18-19,25,29H,4,13-17,20H2,1-3H3. The van der Waals surface area contributed by atoms with Gasteiger partial charge in [0.1, 0.15) is 5.82 Å². The first-order chi connectivity index (χ1) is 15.5. The van der Waals surface area contributed by atoms with Crippen molar-refractivity contribution in [3.8, 4) is 11.8 Å². The summed E-state index contributed by atoms with van der Waals surface area (Å²) in [5.74, 6) is 6.29. The lowest BCUT2D eigenvalue weighted by Gasteiger charge is -2.35. The highest BCUT2D eigenvalue weighted by atomic mass is 19.1. The van der Waals surface area contributed by atoms with Gasteiger partial charge in [-0.3, -0.25) is 4.90 Å². The van der Waals surface area contributed by atoms with Crippen molar-refractivity contribution >= 4 is 16.6 Å². The van der Waals surface area contributed by atoms with E-state index in [1.54, 1.807) is 12.1 Å². The maximum atomic E-state index is 13.0. The molecule has 0 aliphatic carbocycles. The lowest BCUT2D eigenvalue weighted by molar-refractivity contribution is 0.140. The highest BCUT2D eigenvalue weighted by Crippen LogP contribution is 2.23. The van der Waals surface area contributed by atoms with Crippen LogP contribution in [0.25, 0.3) is 10.9 Å². The monoisotopic (exact) mass is 432 g/mol. The van der Waals surface area contributed by atoms with Gasteiger partial charge in [-0.05, 0) is 101 Å². The van der Waals surface area contributed by atoms with E-state index in [-0.39, 0.29) is 5.82 Å². The highest BCUT2D eigenvalue weighted by Gasteiger charge is 2.20. The number of halogens is 1. The van der Waals surface area contributed by atoms with E-state index in [9.17, 15) is 4.39 Å². The van der Waals surface area contributed by atoms with Gasteiger partial charge in [0.05, 0.1) is 12.2 Å². The van der Waals surface area contributed by atoms with Crippen molar-refractivity contribution in [2.24, 2.45) is 0 Å². The van der Waals surface area contributed by atoms with Crippen LogP contribution in [0.5, 0.6) is 0 Å². The Bertz CT molecular complexity index is 1100. The minimum atomic E-state index is -0.230. The van der Waals surface area contributed by atoms with E-state index in [0.717, 1.165) is 37.6 Å². The third-order valence-corrected chi connectivity index (χ3v) is 6.42. The van der Waals surface area contributed by atoms with E-state index in [1.807, 2.05) is 0 Å². The average Bonchev–Trinajstić information content (AvgIpc) is 3.15. The second-order valence-corrected chi connectivity index (χ2v) is 8.80. The summed E-state index contributed by atoms with van der Waals surface area (Å²) in [5.41, 5.74) is 4.51. The molecule has 1 fully saturated rings. The maximum Gasteiger partial charge on any atom is 0.123 e. The number of rotatable bonds is 6. The Kier molecular flexibility index (Phi) is 7.14. The van der Waals surface area contributed by atoms with Crippen LogP contribution in [0.4, 0.5) is 10.1 Å². The third kappa shape index (κ3) is 5.32. The molecular weight excluding hydrogens is 399 g/mol. The first kappa shape index (κ1) is 22.4. The summed E-state index contributed by atoms with van der Waals surface area (Å²) in [5, 5.41) is 4.47. The van der Waals surface area contributed by atoms with Gasteiger partial charge in [-0.25, -0.2) is 4.39 Å². The Morgan fingerprint density at radius 3 is 2.50 bits per heavy atom. The highest BCUT2D eigenvalue weighted by molar-refractivity contribution is 5.83. The molecule has 0 amide bonds. The van der Waals surface area contributed by atoms with Crippen molar-refractivity contribution in [3.05, 3.63) is 65.6 Å². The molecule has 0 unspecified atom stereocenters. The molecular formula is C27H33FN4. The molecule has 1 saturated heterocycles. The fourth-order valence-electron chi connectivity index (χ4n) is 4.56. The molecule has 1 N–H and O–H groups in total. The van der Waals surface area contributed by atoms with E-state index in [2.05, 4.69) is 76.8 Å².